The molecule has 0 radical (unpaired) electrons. The topological polar surface area (TPSA) is 37.3 Å². The van der Waals surface area contributed by atoms with Crippen LogP contribution in [0.25, 0.3) is 0 Å². The van der Waals surface area contributed by atoms with Crippen LogP contribution in [0, 0.1) is 0 Å². The van der Waals surface area contributed by atoms with Gasteiger partial charge in [0.15, 0.2) is 0 Å². The molecule has 0 saturated carbocycles. The van der Waals surface area contributed by atoms with E-state index >= 15 is 0 Å². The number of aliphatic carboxylic acids is 1. The van der Waals surface area contributed by atoms with Crippen molar-refractivity contribution < 1.29 is 28.2 Å². The standard InChI is InChI=1S/C8H11.C2H4O2.Rh/c1-2-4-6-8-7-5-3-1;1-2(3)4;/h1-3H,4,6-8H2;1H3,(H,3,4);. The van der Waals surface area contributed by atoms with E-state index in [1.807, 2.05) is 0 Å². The number of hydrogen-bond donors (Lipinski definition) is 1. The van der Waals surface area contributed by atoms with Crippen LogP contribution in [0.2, 0.25) is 0 Å². The van der Waals surface area contributed by atoms with Crippen LogP contribution in [0.3, 0.4) is 0 Å². The molecule has 1 N–H and O–H groups in total. The molecule has 3 heteroatoms. The molecule has 0 fully saturated rings. The molecule has 0 atom stereocenters. The van der Waals surface area contributed by atoms with E-state index in [0.29, 0.717) is 0 Å². The second-order valence-electron chi connectivity index (χ2n) is 2.78. The van der Waals surface area contributed by atoms with E-state index in [0.717, 1.165) is 6.92 Å². The number of carboxylic acid groups (broad SMARTS) is 1. The normalized spacial score (nSPS) is 16.1. The van der Waals surface area contributed by atoms with Crippen molar-refractivity contribution in [3.05, 3.63) is 22.4 Å². The summed E-state index contributed by atoms with van der Waals surface area (Å²) in [6.07, 6.45) is 11.7. The fourth-order valence-electron chi connectivity index (χ4n) is 0.896. The summed E-state index contributed by atoms with van der Waals surface area (Å²) in [6, 6.07) is 0. The molecule has 0 saturated heterocycles. The van der Waals surface area contributed by atoms with Gasteiger partial charge in [-0.2, -0.15) is 0 Å². The summed E-state index contributed by atoms with van der Waals surface area (Å²) in [7, 11) is 0. The van der Waals surface area contributed by atoms with E-state index in [1.54, 1.807) is 0 Å². The molecule has 13 heavy (non-hydrogen) atoms. The van der Waals surface area contributed by atoms with Gasteiger partial charge >= 0.3 is 66.4 Å². The molecule has 1 aliphatic carbocycles. The van der Waals surface area contributed by atoms with Crippen molar-refractivity contribution in [3.8, 4) is 0 Å². The van der Waals surface area contributed by atoms with E-state index in [-0.39, 0.29) is 0 Å². The first-order valence-electron chi connectivity index (χ1n) is 4.31. The molecule has 0 spiro atoms. The van der Waals surface area contributed by atoms with Crippen LogP contribution in [-0.2, 0) is 23.1 Å². The van der Waals surface area contributed by atoms with E-state index < -0.39 is 5.97 Å². The Morgan fingerprint density at radius 2 is 2.15 bits per heavy atom. The Hall–Kier alpha value is -0.427. The maximum absolute atomic E-state index is 9.00. The monoisotopic (exact) mass is 270 g/mol. The Morgan fingerprint density at radius 1 is 1.54 bits per heavy atom. The van der Waals surface area contributed by atoms with Crippen LogP contribution < -0.4 is 0 Å². The Kier molecular flexibility index (Phi) is 7.92. The molecule has 0 heterocycles. The summed E-state index contributed by atoms with van der Waals surface area (Å²) in [5, 5.41) is 7.42. The van der Waals surface area contributed by atoms with Crippen LogP contribution in [0.5, 0.6) is 0 Å². The summed E-state index contributed by atoms with van der Waals surface area (Å²) in [4.78, 5) is 9.00. The van der Waals surface area contributed by atoms with Crippen molar-refractivity contribution in [1.82, 2.24) is 0 Å². The third-order valence-electron chi connectivity index (χ3n) is 1.43. The van der Waals surface area contributed by atoms with Gasteiger partial charge in [0.2, 0.25) is 0 Å². The predicted molar refractivity (Wildman–Crippen MR) is 49.0 cm³/mol. The van der Waals surface area contributed by atoms with Crippen molar-refractivity contribution in [3.63, 3.8) is 0 Å². The van der Waals surface area contributed by atoms with Crippen LogP contribution in [0.15, 0.2) is 22.4 Å². The van der Waals surface area contributed by atoms with Crippen molar-refractivity contribution in [2.45, 2.75) is 32.6 Å². The number of carboxylic acids is 1. The summed E-state index contributed by atoms with van der Waals surface area (Å²) >= 11 is 2.95. The molecule has 1 aliphatic rings. The average molecular weight is 270 g/mol. The molecular formula is C10H15O2Rh. The molecule has 2 nitrogen and oxygen atoms in total. The predicted octanol–water partition coefficient (Wildman–Crippen LogP) is 2.64. The zero-order chi connectivity index (χ0) is 10.1. The van der Waals surface area contributed by atoms with Gasteiger partial charge in [-0.05, 0) is 0 Å². The van der Waals surface area contributed by atoms with Crippen molar-refractivity contribution in [2.24, 2.45) is 0 Å². The third-order valence-corrected chi connectivity index (χ3v) is 2.11. The molecule has 0 aromatic carbocycles. The van der Waals surface area contributed by atoms with Crippen LogP contribution in [-0.4, -0.2) is 11.1 Å². The average Bonchev–Trinajstić information content (AvgIpc) is 1.95. The van der Waals surface area contributed by atoms with E-state index in [4.69, 9.17) is 9.90 Å². The second kappa shape index (κ2) is 8.18. The van der Waals surface area contributed by atoms with Crippen molar-refractivity contribution in [2.75, 3.05) is 0 Å². The minimum atomic E-state index is -0.833. The maximum atomic E-state index is 9.00. The number of rotatable bonds is 0. The second-order valence-corrected chi connectivity index (χ2v) is 3.83. The Morgan fingerprint density at radius 3 is 2.77 bits per heavy atom. The molecule has 0 aromatic heterocycles. The summed E-state index contributed by atoms with van der Waals surface area (Å²) < 4.78 is 1.41. The molecule has 76 valence electrons. The summed E-state index contributed by atoms with van der Waals surface area (Å²) in [5.41, 5.74) is 0. The Bertz CT molecular complexity index is 203. The van der Waals surface area contributed by atoms with Gasteiger partial charge in [0.05, 0.1) is 0 Å². The zero-order valence-electron chi connectivity index (χ0n) is 7.75. The van der Waals surface area contributed by atoms with Gasteiger partial charge in [-0.25, -0.2) is 0 Å². The van der Waals surface area contributed by atoms with Gasteiger partial charge in [-0.1, -0.05) is 0 Å². The van der Waals surface area contributed by atoms with E-state index in [1.165, 1.54) is 29.9 Å². The molecule has 1 rings (SSSR count). The van der Waals surface area contributed by atoms with Crippen LogP contribution >= 0.6 is 0 Å². The third kappa shape index (κ3) is 11.6. The fourth-order valence-corrected chi connectivity index (χ4v) is 1.34. The van der Waals surface area contributed by atoms with Gasteiger partial charge in [-0.15, -0.1) is 0 Å². The SMILES string of the molecule is CC(=O)O.[Rh][C]1=CC=CCCCC1. The van der Waals surface area contributed by atoms with Gasteiger partial charge in [0, 0.05) is 6.92 Å². The quantitative estimate of drug-likeness (QED) is 0.687. The minimum absolute atomic E-state index is 0.833. The Balaban J connectivity index is 0.000000310. The van der Waals surface area contributed by atoms with Gasteiger partial charge in [0.25, 0.3) is 5.97 Å². The van der Waals surface area contributed by atoms with Gasteiger partial charge < -0.3 is 5.11 Å². The van der Waals surface area contributed by atoms with Crippen LogP contribution in [0.1, 0.15) is 32.6 Å². The molecule has 0 aromatic rings. The van der Waals surface area contributed by atoms with Crippen molar-refractivity contribution >= 4 is 5.97 Å². The first-order chi connectivity index (χ1) is 6.13. The Labute approximate surface area is 89.4 Å². The van der Waals surface area contributed by atoms with Gasteiger partial charge in [0.1, 0.15) is 0 Å². The first kappa shape index (κ1) is 12.6. The van der Waals surface area contributed by atoms with E-state index in [2.05, 4.69) is 36.5 Å². The first-order valence-corrected chi connectivity index (χ1v) is 5.13. The molecule has 0 aliphatic heterocycles. The zero-order valence-corrected chi connectivity index (χ0v) is 9.39. The summed E-state index contributed by atoms with van der Waals surface area (Å²) in [6.45, 7) is 1.08. The fraction of sp³-hybridized carbons (Fsp3) is 0.500. The van der Waals surface area contributed by atoms with Gasteiger partial charge in [-0.3, -0.25) is 4.79 Å². The number of hydrogen-bond acceptors (Lipinski definition) is 1. The molecule has 0 unspecified atom stereocenters. The number of carbonyl (C=O) groups is 1. The molecule has 0 amide bonds. The molecular weight excluding hydrogens is 255 g/mol. The number of allylic oxidation sites excluding steroid dienone is 4. The van der Waals surface area contributed by atoms with Crippen LogP contribution in [0.4, 0.5) is 0 Å². The summed E-state index contributed by atoms with van der Waals surface area (Å²) in [5.74, 6) is -0.833. The molecule has 0 bridgehead atoms. The van der Waals surface area contributed by atoms with Crippen molar-refractivity contribution in [1.29, 1.82) is 0 Å². The van der Waals surface area contributed by atoms with E-state index in [9.17, 15) is 0 Å².